The Bertz CT molecular complexity index is 779. The minimum atomic E-state index is 0.735. The van der Waals surface area contributed by atoms with E-state index < -0.39 is 0 Å². The van der Waals surface area contributed by atoms with Gasteiger partial charge < -0.3 is 5.32 Å². The van der Waals surface area contributed by atoms with E-state index in [-0.39, 0.29) is 0 Å². The Hall–Kier alpha value is -2.06. The highest BCUT2D eigenvalue weighted by atomic mass is 35.5. The highest BCUT2D eigenvalue weighted by molar-refractivity contribution is 6.30. The predicted molar refractivity (Wildman–Crippen MR) is 90.6 cm³/mol. The first kappa shape index (κ1) is 13.9. The molecule has 0 aliphatic heterocycles. The van der Waals surface area contributed by atoms with Crippen LogP contribution in [0.3, 0.4) is 0 Å². The van der Waals surface area contributed by atoms with Crippen molar-refractivity contribution in [1.82, 2.24) is 4.98 Å². The molecule has 21 heavy (non-hydrogen) atoms. The lowest BCUT2D eigenvalue weighted by Crippen LogP contribution is -1.99. The van der Waals surface area contributed by atoms with Crippen LogP contribution >= 0.6 is 11.6 Å². The van der Waals surface area contributed by atoms with E-state index in [1.807, 2.05) is 24.3 Å². The first-order valence-electron chi connectivity index (χ1n) is 7.08. The first-order valence-corrected chi connectivity index (χ1v) is 7.46. The van der Waals surface area contributed by atoms with Crippen LogP contribution in [0.15, 0.2) is 48.5 Å². The zero-order chi connectivity index (χ0) is 14.8. The van der Waals surface area contributed by atoms with E-state index in [2.05, 4.69) is 43.4 Å². The predicted octanol–water partition coefficient (Wildman–Crippen LogP) is 5.50. The molecule has 0 spiro atoms. The van der Waals surface area contributed by atoms with Crippen molar-refractivity contribution < 1.29 is 0 Å². The van der Waals surface area contributed by atoms with Crippen LogP contribution in [0.4, 0.5) is 11.5 Å². The third-order valence-electron chi connectivity index (χ3n) is 3.54. The van der Waals surface area contributed by atoms with Crippen LogP contribution in [0.2, 0.25) is 5.02 Å². The molecule has 0 aliphatic carbocycles. The molecule has 1 aromatic heterocycles. The Kier molecular flexibility index (Phi) is 3.80. The third kappa shape index (κ3) is 3.01. The summed E-state index contributed by atoms with van der Waals surface area (Å²) in [4.78, 5) is 4.78. The molecule has 1 heterocycles. The third-order valence-corrected chi connectivity index (χ3v) is 3.79. The zero-order valence-corrected chi connectivity index (χ0v) is 12.9. The van der Waals surface area contributed by atoms with E-state index in [0.717, 1.165) is 28.5 Å². The Labute approximate surface area is 129 Å². The average Bonchev–Trinajstić information content (AvgIpc) is 2.49. The first-order chi connectivity index (χ1) is 10.2. The maximum atomic E-state index is 5.93. The maximum Gasteiger partial charge on any atom is 0.134 e. The smallest absolute Gasteiger partial charge is 0.134 e. The van der Waals surface area contributed by atoms with Crippen molar-refractivity contribution in [2.75, 3.05) is 5.32 Å². The van der Waals surface area contributed by atoms with Crippen LogP contribution in [0, 0.1) is 6.92 Å². The van der Waals surface area contributed by atoms with Gasteiger partial charge in [0.1, 0.15) is 5.82 Å². The molecule has 0 radical (unpaired) electrons. The SMILES string of the molecule is CCc1cc2ccc(C)cc2nc1Nc1ccc(Cl)cc1. The van der Waals surface area contributed by atoms with Crippen molar-refractivity contribution in [1.29, 1.82) is 0 Å². The molecule has 3 aromatic rings. The number of hydrogen-bond donors (Lipinski definition) is 1. The minimum Gasteiger partial charge on any atom is -0.340 e. The molecule has 0 atom stereocenters. The van der Waals surface area contributed by atoms with Crippen molar-refractivity contribution in [3.63, 3.8) is 0 Å². The van der Waals surface area contributed by atoms with Gasteiger partial charge in [-0.2, -0.15) is 0 Å². The molecule has 0 saturated heterocycles. The summed E-state index contributed by atoms with van der Waals surface area (Å²) < 4.78 is 0. The van der Waals surface area contributed by atoms with Gasteiger partial charge in [-0.3, -0.25) is 0 Å². The van der Waals surface area contributed by atoms with E-state index in [1.54, 1.807) is 0 Å². The van der Waals surface area contributed by atoms with Crippen LogP contribution in [-0.2, 0) is 6.42 Å². The topological polar surface area (TPSA) is 24.9 Å². The summed E-state index contributed by atoms with van der Waals surface area (Å²) in [5.74, 6) is 0.915. The number of fused-ring (bicyclic) bond motifs is 1. The largest absolute Gasteiger partial charge is 0.340 e. The summed E-state index contributed by atoms with van der Waals surface area (Å²) in [7, 11) is 0. The van der Waals surface area contributed by atoms with E-state index >= 15 is 0 Å². The van der Waals surface area contributed by atoms with Crippen molar-refractivity contribution in [2.24, 2.45) is 0 Å². The molecule has 1 N–H and O–H groups in total. The molecule has 0 aliphatic rings. The van der Waals surface area contributed by atoms with Crippen LogP contribution < -0.4 is 5.32 Å². The second-order valence-electron chi connectivity index (χ2n) is 5.18. The summed E-state index contributed by atoms with van der Waals surface area (Å²) in [6.07, 6.45) is 0.937. The van der Waals surface area contributed by atoms with Gasteiger partial charge in [-0.05, 0) is 60.9 Å². The molecular formula is C18H17ClN2. The number of halogens is 1. The van der Waals surface area contributed by atoms with Crippen molar-refractivity contribution in [3.8, 4) is 0 Å². The monoisotopic (exact) mass is 296 g/mol. The number of anilines is 2. The fourth-order valence-corrected chi connectivity index (χ4v) is 2.49. The number of benzene rings is 2. The highest BCUT2D eigenvalue weighted by Gasteiger charge is 2.06. The lowest BCUT2D eigenvalue weighted by atomic mass is 10.1. The van der Waals surface area contributed by atoms with E-state index in [4.69, 9.17) is 16.6 Å². The summed E-state index contributed by atoms with van der Waals surface area (Å²) in [6.45, 7) is 4.23. The number of pyridine rings is 1. The molecule has 0 unspecified atom stereocenters. The summed E-state index contributed by atoms with van der Waals surface area (Å²) in [6, 6.07) is 16.2. The number of aryl methyl sites for hydroxylation is 2. The Balaban J connectivity index is 2.05. The van der Waals surface area contributed by atoms with E-state index in [1.165, 1.54) is 16.5 Å². The van der Waals surface area contributed by atoms with Crippen LogP contribution in [-0.4, -0.2) is 4.98 Å². The van der Waals surface area contributed by atoms with Gasteiger partial charge in [-0.15, -0.1) is 0 Å². The fourth-order valence-electron chi connectivity index (χ4n) is 2.37. The Morgan fingerprint density at radius 1 is 1.05 bits per heavy atom. The molecule has 106 valence electrons. The number of hydrogen-bond acceptors (Lipinski definition) is 2. The van der Waals surface area contributed by atoms with Gasteiger partial charge in [0.2, 0.25) is 0 Å². The average molecular weight is 297 g/mol. The van der Waals surface area contributed by atoms with Crippen LogP contribution in [0.5, 0.6) is 0 Å². The van der Waals surface area contributed by atoms with Crippen molar-refractivity contribution in [3.05, 3.63) is 64.7 Å². The highest BCUT2D eigenvalue weighted by Crippen LogP contribution is 2.25. The fraction of sp³-hybridized carbons (Fsp3) is 0.167. The molecular weight excluding hydrogens is 280 g/mol. The quantitative estimate of drug-likeness (QED) is 0.690. The molecule has 0 fully saturated rings. The number of rotatable bonds is 3. The van der Waals surface area contributed by atoms with E-state index in [0.29, 0.717) is 0 Å². The lowest BCUT2D eigenvalue weighted by Gasteiger charge is -2.12. The molecule has 0 bridgehead atoms. The van der Waals surface area contributed by atoms with Gasteiger partial charge in [0.25, 0.3) is 0 Å². The van der Waals surface area contributed by atoms with Crippen molar-refractivity contribution >= 4 is 34.0 Å². The van der Waals surface area contributed by atoms with E-state index in [9.17, 15) is 0 Å². The van der Waals surface area contributed by atoms with Gasteiger partial charge in [-0.1, -0.05) is 30.7 Å². The zero-order valence-electron chi connectivity index (χ0n) is 12.2. The molecule has 3 rings (SSSR count). The number of nitrogens with one attached hydrogen (secondary N) is 1. The van der Waals surface area contributed by atoms with Crippen molar-refractivity contribution in [2.45, 2.75) is 20.3 Å². The van der Waals surface area contributed by atoms with Gasteiger partial charge in [0, 0.05) is 16.1 Å². The summed E-state index contributed by atoms with van der Waals surface area (Å²) >= 11 is 5.93. The lowest BCUT2D eigenvalue weighted by molar-refractivity contribution is 1.12. The molecule has 0 saturated carbocycles. The van der Waals surface area contributed by atoms with Gasteiger partial charge >= 0.3 is 0 Å². The summed E-state index contributed by atoms with van der Waals surface area (Å²) in [5.41, 5.74) is 4.44. The summed E-state index contributed by atoms with van der Waals surface area (Å²) in [5, 5.41) is 5.31. The number of nitrogens with zero attached hydrogens (tertiary/aromatic N) is 1. The second-order valence-corrected chi connectivity index (χ2v) is 5.61. The normalized spacial score (nSPS) is 10.8. The van der Waals surface area contributed by atoms with Crippen LogP contribution in [0.1, 0.15) is 18.1 Å². The maximum absolute atomic E-state index is 5.93. The number of aromatic nitrogens is 1. The van der Waals surface area contributed by atoms with Crippen LogP contribution in [0.25, 0.3) is 10.9 Å². The molecule has 0 amide bonds. The van der Waals surface area contributed by atoms with Gasteiger partial charge in [0.05, 0.1) is 5.52 Å². The molecule has 2 aromatic carbocycles. The van der Waals surface area contributed by atoms with Gasteiger partial charge in [-0.25, -0.2) is 4.98 Å². The Morgan fingerprint density at radius 2 is 1.81 bits per heavy atom. The standard InChI is InChI=1S/C18H17ClN2/c1-3-13-11-14-5-4-12(2)10-17(14)21-18(13)20-16-8-6-15(19)7-9-16/h4-11H,3H2,1-2H3,(H,20,21). The Morgan fingerprint density at radius 3 is 2.52 bits per heavy atom. The molecule has 3 heteroatoms. The van der Waals surface area contributed by atoms with Gasteiger partial charge in [0.15, 0.2) is 0 Å². The second kappa shape index (κ2) is 5.74. The minimum absolute atomic E-state index is 0.735. The molecule has 2 nitrogen and oxygen atoms in total.